The fourth-order valence-corrected chi connectivity index (χ4v) is 2.90. The normalized spacial score (nSPS) is 10.6. The van der Waals surface area contributed by atoms with Crippen molar-refractivity contribution in [3.63, 3.8) is 0 Å². The van der Waals surface area contributed by atoms with Gasteiger partial charge < -0.3 is 19.8 Å². The number of rotatable bonds is 5. The summed E-state index contributed by atoms with van der Waals surface area (Å²) in [7, 11) is 3.18. The fourth-order valence-electron chi connectivity index (χ4n) is 2.90. The monoisotopic (exact) mass is 367 g/mol. The van der Waals surface area contributed by atoms with Gasteiger partial charge in [0.25, 0.3) is 5.91 Å². The number of ether oxygens (including phenoxy) is 1. The zero-order valence-electron chi connectivity index (χ0n) is 15.4. The van der Waals surface area contributed by atoms with Crippen molar-refractivity contribution < 1.29 is 19.7 Å². The Bertz CT molecular complexity index is 981. The maximum absolute atomic E-state index is 12.9. The quantitative estimate of drug-likeness (QED) is 0.642. The summed E-state index contributed by atoms with van der Waals surface area (Å²) in [6.45, 7) is 1.90. The van der Waals surface area contributed by atoms with Crippen LogP contribution in [0.15, 0.2) is 42.6 Å². The zero-order chi connectivity index (χ0) is 19.6. The van der Waals surface area contributed by atoms with Crippen molar-refractivity contribution in [2.24, 2.45) is 0 Å². The van der Waals surface area contributed by atoms with Crippen LogP contribution >= 0.6 is 0 Å². The van der Waals surface area contributed by atoms with Crippen LogP contribution in [0.4, 0.5) is 5.69 Å². The van der Waals surface area contributed by atoms with Crippen LogP contribution in [0, 0.1) is 0 Å². The van der Waals surface area contributed by atoms with E-state index in [0.29, 0.717) is 40.2 Å². The highest BCUT2D eigenvalue weighted by atomic mass is 16.5. The Balaban J connectivity index is 2.01. The molecule has 0 saturated carbocycles. The lowest BCUT2D eigenvalue weighted by Gasteiger charge is -2.18. The number of nitrogens with zero attached hydrogens (tertiary/aromatic N) is 2. The first-order valence-electron chi connectivity index (χ1n) is 8.47. The largest absolute Gasteiger partial charge is 0.508 e. The number of amides is 1. The van der Waals surface area contributed by atoms with Crippen LogP contribution < -0.4 is 9.64 Å². The number of nitrogens with one attached hydrogen (secondary N) is 1. The zero-order valence-corrected chi connectivity index (χ0v) is 15.4. The first-order valence-corrected chi connectivity index (χ1v) is 8.47. The predicted octanol–water partition coefficient (Wildman–Crippen LogP) is 3.34. The average molecular weight is 367 g/mol. The van der Waals surface area contributed by atoms with Crippen molar-refractivity contribution in [3.05, 3.63) is 53.7 Å². The van der Waals surface area contributed by atoms with Gasteiger partial charge in [-0.1, -0.05) is 13.0 Å². The topological polar surface area (TPSA) is 98.7 Å². The predicted molar refractivity (Wildman–Crippen MR) is 102 cm³/mol. The minimum Gasteiger partial charge on any atom is -0.508 e. The molecule has 0 saturated heterocycles. The molecule has 7 heteroatoms. The number of methoxy groups -OCH3 is 1. The Morgan fingerprint density at radius 2 is 2.00 bits per heavy atom. The number of anilines is 1. The van der Waals surface area contributed by atoms with Gasteiger partial charge in [0.05, 0.1) is 24.7 Å². The Labute approximate surface area is 156 Å². The molecule has 0 aliphatic heterocycles. The first-order chi connectivity index (χ1) is 13.0. The molecule has 0 aliphatic carbocycles. The van der Waals surface area contributed by atoms with Crippen LogP contribution in [0.2, 0.25) is 0 Å². The van der Waals surface area contributed by atoms with Crippen molar-refractivity contribution in [1.29, 1.82) is 0 Å². The Morgan fingerprint density at radius 1 is 1.22 bits per heavy atom. The van der Waals surface area contributed by atoms with Gasteiger partial charge in [-0.3, -0.25) is 9.89 Å². The van der Waals surface area contributed by atoms with Crippen molar-refractivity contribution in [1.82, 2.24) is 10.2 Å². The summed E-state index contributed by atoms with van der Waals surface area (Å²) in [5, 5.41) is 27.1. The number of phenols is 2. The van der Waals surface area contributed by atoms with E-state index in [4.69, 9.17) is 4.74 Å². The maximum atomic E-state index is 12.9. The van der Waals surface area contributed by atoms with E-state index >= 15 is 0 Å². The molecule has 2 aromatic carbocycles. The van der Waals surface area contributed by atoms with Crippen LogP contribution in [0.3, 0.4) is 0 Å². The molecule has 1 aromatic heterocycles. The number of aromatic amines is 1. The number of aromatic nitrogens is 2. The molecule has 27 heavy (non-hydrogen) atoms. The minimum atomic E-state index is -0.245. The third-order valence-corrected chi connectivity index (χ3v) is 4.45. The van der Waals surface area contributed by atoms with Gasteiger partial charge in [0.1, 0.15) is 17.2 Å². The van der Waals surface area contributed by atoms with Crippen LogP contribution in [0.1, 0.15) is 22.8 Å². The Hall–Kier alpha value is -3.48. The Morgan fingerprint density at radius 3 is 2.70 bits per heavy atom. The molecule has 3 N–H and O–H groups in total. The van der Waals surface area contributed by atoms with E-state index in [9.17, 15) is 15.0 Å². The number of aromatic hydroxyl groups is 2. The van der Waals surface area contributed by atoms with Crippen molar-refractivity contribution >= 4 is 11.6 Å². The lowest BCUT2D eigenvalue weighted by atomic mass is 10.0. The van der Waals surface area contributed by atoms with Crippen LogP contribution in [0.25, 0.3) is 11.3 Å². The van der Waals surface area contributed by atoms with Gasteiger partial charge in [-0.15, -0.1) is 0 Å². The SMILES string of the molecule is CCc1cc(-c2[nH]ncc2N(C)C(=O)c2cccc(OC)c2)c(O)cc1O. The van der Waals surface area contributed by atoms with E-state index in [1.807, 2.05) is 6.92 Å². The summed E-state index contributed by atoms with van der Waals surface area (Å²) >= 11 is 0. The third-order valence-electron chi connectivity index (χ3n) is 4.45. The number of carbonyl (C=O) groups is 1. The molecule has 3 aromatic rings. The van der Waals surface area contributed by atoms with Gasteiger partial charge in [0, 0.05) is 24.2 Å². The second kappa shape index (κ2) is 7.41. The minimum absolute atomic E-state index is 0.0284. The highest BCUT2D eigenvalue weighted by Crippen LogP contribution is 2.38. The molecule has 0 atom stereocenters. The van der Waals surface area contributed by atoms with Gasteiger partial charge in [-0.2, -0.15) is 5.10 Å². The second-order valence-corrected chi connectivity index (χ2v) is 6.08. The van der Waals surface area contributed by atoms with E-state index in [2.05, 4.69) is 10.2 Å². The van der Waals surface area contributed by atoms with Crippen molar-refractivity contribution in [3.8, 4) is 28.5 Å². The van der Waals surface area contributed by atoms with Crippen molar-refractivity contribution in [2.75, 3.05) is 19.1 Å². The molecule has 0 bridgehead atoms. The standard InChI is InChI=1S/C20H21N3O4/c1-4-12-9-15(18(25)10-17(12)24)19-16(11-21-22-19)23(2)20(26)13-6-5-7-14(8-13)27-3/h5-11,24-25H,4H2,1-3H3,(H,21,22). The number of phenolic OH excluding ortho intramolecular Hbond substituents is 2. The van der Waals surface area contributed by atoms with Crippen LogP contribution in [-0.4, -0.2) is 40.5 Å². The molecule has 7 nitrogen and oxygen atoms in total. The lowest BCUT2D eigenvalue weighted by Crippen LogP contribution is -2.26. The van der Waals surface area contributed by atoms with Crippen LogP contribution in [0.5, 0.6) is 17.2 Å². The van der Waals surface area contributed by atoms with Gasteiger partial charge in [0.15, 0.2) is 0 Å². The average Bonchev–Trinajstić information content (AvgIpc) is 3.16. The van der Waals surface area contributed by atoms with Crippen LogP contribution in [-0.2, 0) is 6.42 Å². The summed E-state index contributed by atoms with van der Waals surface area (Å²) in [6.07, 6.45) is 2.12. The van der Waals surface area contributed by atoms with Gasteiger partial charge >= 0.3 is 0 Å². The van der Waals surface area contributed by atoms with Gasteiger partial charge in [0.2, 0.25) is 0 Å². The molecule has 0 unspecified atom stereocenters. The smallest absolute Gasteiger partial charge is 0.258 e. The van der Waals surface area contributed by atoms with E-state index in [1.165, 1.54) is 17.2 Å². The van der Waals surface area contributed by atoms with E-state index in [-0.39, 0.29) is 17.4 Å². The molecule has 140 valence electrons. The van der Waals surface area contributed by atoms with Gasteiger partial charge in [-0.05, 0) is 36.2 Å². The lowest BCUT2D eigenvalue weighted by molar-refractivity contribution is 0.0992. The summed E-state index contributed by atoms with van der Waals surface area (Å²) < 4.78 is 5.17. The molecule has 0 fully saturated rings. The fraction of sp³-hybridized carbons (Fsp3) is 0.200. The molecule has 1 heterocycles. The maximum Gasteiger partial charge on any atom is 0.258 e. The molecule has 3 rings (SSSR count). The first kappa shape index (κ1) is 18.3. The van der Waals surface area contributed by atoms with E-state index in [1.54, 1.807) is 44.5 Å². The molecule has 0 spiro atoms. The summed E-state index contributed by atoms with van der Waals surface area (Å²) in [6, 6.07) is 9.85. The molecule has 0 aliphatic rings. The number of carbonyl (C=O) groups excluding carboxylic acids is 1. The number of hydrogen-bond acceptors (Lipinski definition) is 5. The molecular weight excluding hydrogens is 346 g/mol. The Kier molecular flexibility index (Phi) is 5.03. The van der Waals surface area contributed by atoms with E-state index in [0.717, 1.165) is 0 Å². The van der Waals surface area contributed by atoms with E-state index < -0.39 is 0 Å². The summed E-state index contributed by atoms with van der Waals surface area (Å²) in [5.41, 5.74) is 2.60. The highest BCUT2D eigenvalue weighted by molar-refractivity contribution is 6.07. The highest BCUT2D eigenvalue weighted by Gasteiger charge is 2.21. The molecule has 1 amide bonds. The molecular formula is C20H21N3O4. The summed E-state index contributed by atoms with van der Waals surface area (Å²) in [5.74, 6) is 0.272. The number of hydrogen-bond donors (Lipinski definition) is 3. The van der Waals surface area contributed by atoms with Gasteiger partial charge in [-0.25, -0.2) is 0 Å². The summed E-state index contributed by atoms with van der Waals surface area (Å²) in [4.78, 5) is 14.3. The number of aryl methyl sites for hydroxylation is 1. The van der Waals surface area contributed by atoms with Crippen molar-refractivity contribution in [2.45, 2.75) is 13.3 Å². The number of H-pyrrole nitrogens is 1. The molecule has 0 radical (unpaired) electrons. The third kappa shape index (κ3) is 3.44. The second-order valence-electron chi connectivity index (χ2n) is 6.08. The number of benzene rings is 2.